The van der Waals surface area contributed by atoms with E-state index in [0.29, 0.717) is 5.69 Å². The first kappa shape index (κ1) is 10.4. The summed E-state index contributed by atoms with van der Waals surface area (Å²) in [4.78, 5) is 12.4. The predicted molar refractivity (Wildman–Crippen MR) is 56.5 cm³/mol. The summed E-state index contributed by atoms with van der Waals surface area (Å²) in [5.41, 5.74) is 8.00. The number of aliphatic carboxylic acids is 1. The average Bonchev–Trinajstić information content (AvgIpc) is 2.07. The summed E-state index contributed by atoms with van der Waals surface area (Å²) in [6.07, 6.45) is 0.0289. The Bertz CT molecular complexity index is 348. The van der Waals surface area contributed by atoms with Gasteiger partial charge in [-0.25, -0.2) is 0 Å². The van der Waals surface area contributed by atoms with Gasteiger partial charge in [-0.05, 0) is 17.7 Å². The lowest BCUT2D eigenvalue weighted by Crippen LogP contribution is -2.12. The number of rotatable bonds is 3. The van der Waals surface area contributed by atoms with Gasteiger partial charge in [0.25, 0.3) is 0 Å². The molecule has 14 heavy (non-hydrogen) atoms. The Hall–Kier alpha value is -1.71. The van der Waals surface area contributed by atoms with Gasteiger partial charge in [0.1, 0.15) is 0 Å². The second kappa shape index (κ2) is 4.00. The highest BCUT2D eigenvalue weighted by atomic mass is 16.4. The van der Waals surface area contributed by atoms with Gasteiger partial charge >= 0.3 is 5.97 Å². The molecule has 3 N–H and O–H groups in total. The first-order valence-corrected chi connectivity index (χ1v) is 4.28. The van der Waals surface area contributed by atoms with Gasteiger partial charge in [0.05, 0.1) is 17.8 Å². The fraction of sp³-hybridized carbons (Fsp3) is 0.300. The number of benzene rings is 1. The van der Waals surface area contributed by atoms with Crippen LogP contribution < -0.4 is 10.6 Å². The molecule has 0 saturated heterocycles. The normalized spacial score (nSPS) is 9.86. The molecule has 0 bridgehead atoms. The first-order valence-electron chi connectivity index (χ1n) is 4.28. The number of nitrogen functional groups attached to an aromatic ring is 1. The average molecular weight is 194 g/mol. The van der Waals surface area contributed by atoms with Gasteiger partial charge in [0, 0.05) is 14.1 Å². The van der Waals surface area contributed by atoms with E-state index in [1.54, 1.807) is 18.2 Å². The maximum Gasteiger partial charge on any atom is 0.307 e. The summed E-state index contributed by atoms with van der Waals surface area (Å²) in [6.45, 7) is 0. The molecule has 0 aliphatic carbocycles. The Labute approximate surface area is 82.9 Å². The number of hydrogen-bond donors (Lipinski definition) is 2. The molecule has 0 aliphatic rings. The van der Waals surface area contributed by atoms with Crippen LogP contribution in [0, 0.1) is 0 Å². The minimum atomic E-state index is -0.834. The van der Waals surface area contributed by atoms with Crippen LogP contribution in [0.2, 0.25) is 0 Å². The van der Waals surface area contributed by atoms with Crippen molar-refractivity contribution in [2.75, 3.05) is 24.7 Å². The van der Waals surface area contributed by atoms with Crippen molar-refractivity contribution in [2.24, 2.45) is 0 Å². The molecule has 1 rings (SSSR count). The maximum absolute atomic E-state index is 10.5. The van der Waals surface area contributed by atoms with Gasteiger partial charge in [0.15, 0.2) is 0 Å². The van der Waals surface area contributed by atoms with Gasteiger partial charge in [-0.2, -0.15) is 0 Å². The van der Waals surface area contributed by atoms with Gasteiger partial charge in [-0.15, -0.1) is 0 Å². The molecule has 0 amide bonds. The first-order chi connectivity index (χ1) is 6.50. The summed E-state index contributed by atoms with van der Waals surface area (Å²) in [5.74, 6) is -0.834. The molecule has 76 valence electrons. The number of carbonyl (C=O) groups is 1. The van der Waals surface area contributed by atoms with E-state index >= 15 is 0 Å². The zero-order valence-electron chi connectivity index (χ0n) is 8.32. The van der Waals surface area contributed by atoms with Crippen LogP contribution in [-0.2, 0) is 11.2 Å². The van der Waals surface area contributed by atoms with Crippen molar-refractivity contribution in [1.29, 1.82) is 0 Å². The molecule has 0 aliphatic heterocycles. The highest BCUT2D eigenvalue weighted by Gasteiger charge is 2.05. The summed E-state index contributed by atoms with van der Waals surface area (Å²) < 4.78 is 0. The van der Waals surface area contributed by atoms with E-state index in [1.165, 1.54) is 0 Å². The summed E-state index contributed by atoms with van der Waals surface area (Å²) in [7, 11) is 3.74. The number of nitrogens with two attached hydrogens (primary N) is 1. The molecule has 0 heterocycles. The molecule has 1 aromatic carbocycles. The smallest absolute Gasteiger partial charge is 0.307 e. The minimum absolute atomic E-state index is 0.0289. The Morgan fingerprint density at radius 2 is 2.14 bits per heavy atom. The lowest BCUT2D eigenvalue weighted by Gasteiger charge is -2.15. The van der Waals surface area contributed by atoms with Gasteiger partial charge < -0.3 is 15.7 Å². The van der Waals surface area contributed by atoms with Gasteiger partial charge in [0.2, 0.25) is 0 Å². The molecule has 0 radical (unpaired) electrons. The molecule has 4 nitrogen and oxygen atoms in total. The highest BCUT2D eigenvalue weighted by molar-refractivity contribution is 5.73. The molecule has 0 saturated carbocycles. The molecule has 0 unspecified atom stereocenters. The molecule has 0 atom stereocenters. The summed E-state index contributed by atoms with van der Waals surface area (Å²) in [6, 6.07) is 5.26. The minimum Gasteiger partial charge on any atom is -0.481 e. The Kier molecular flexibility index (Phi) is 2.96. The number of carboxylic acids is 1. The lowest BCUT2D eigenvalue weighted by atomic mass is 10.1. The number of hydrogen-bond acceptors (Lipinski definition) is 3. The van der Waals surface area contributed by atoms with E-state index in [0.717, 1.165) is 11.3 Å². The third-order valence-electron chi connectivity index (χ3n) is 1.93. The lowest BCUT2D eigenvalue weighted by molar-refractivity contribution is -0.136. The largest absolute Gasteiger partial charge is 0.481 e. The van der Waals surface area contributed by atoms with Crippen LogP contribution in [0.15, 0.2) is 18.2 Å². The standard InChI is InChI=1S/C10H14N2O2/c1-12(2)9-5-7(6-10(13)14)3-4-8(9)11/h3-5H,6,11H2,1-2H3,(H,13,14). The van der Waals surface area contributed by atoms with Crippen molar-refractivity contribution in [3.63, 3.8) is 0 Å². The maximum atomic E-state index is 10.5. The highest BCUT2D eigenvalue weighted by Crippen LogP contribution is 2.22. The quantitative estimate of drug-likeness (QED) is 0.703. The Balaban J connectivity index is 3.00. The molecule has 0 fully saturated rings. The second-order valence-electron chi connectivity index (χ2n) is 3.36. The summed E-state index contributed by atoms with van der Waals surface area (Å²) in [5, 5.41) is 8.62. The topological polar surface area (TPSA) is 66.6 Å². The van der Waals surface area contributed by atoms with Crippen molar-refractivity contribution < 1.29 is 9.90 Å². The molecule has 0 spiro atoms. The van der Waals surface area contributed by atoms with E-state index in [-0.39, 0.29) is 6.42 Å². The van der Waals surface area contributed by atoms with Gasteiger partial charge in [-0.3, -0.25) is 4.79 Å². The fourth-order valence-electron chi connectivity index (χ4n) is 1.26. The fourth-order valence-corrected chi connectivity index (χ4v) is 1.26. The van der Waals surface area contributed by atoms with Crippen LogP contribution in [0.3, 0.4) is 0 Å². The van der Waals surface area contributed by atoms with Crippen molar-refractivity contribution >= 4 is 17.3 Å². The van der Waals surface area contributed by atoms with Crippen LogP contribution in [0.4, 0.5) is 11.4 Å². The van der Waals surface area contributed by atoms with Crippen molar-refractivity contribution in [3.05, 3.63) is 23.8 Å². The molecule has 4 heteroatoms. The Morgan fingerprint density at radius 1 is 1.50 bits per heavy atom. The number of carboxylic acid groups (broad SMARTS) is 1. The van der Waals surface area contributed by atoms with Crippen molar-refractivity contribution in [3.8, 4) is 0 Å². The van der Waals surface area contributed by atoms with Crippen LogP contribution >= 0.6 is 0 Å². The zero-order valence-corrected chi connectivity index (χ0v) is 8.32. The summed E-state index contributed by atoms with van der Waals surface area (Å²) >= 11 is 0. The number of anilines is 2. The van der Waals surface area contributed by atoms with E-state index in [2.05, 4.69) is 0 Å². The van der Waals surface area contributed by atoms with E-state index < -0.39 is 5.97 Å². The zero-order chi connectivity index (χ0) is 10.7. The van der Waals surface area contributed by atoms with Crippen LogP contribution in [0.5, 0.6) is 0 Å². The van der Waals surface area contributed by atoms with Gasteiger partial charge in [-0.1, -0.05) is 6.07 Å². The van der Waals surface area contributed by atoms with Crippen LogP contribution in [0.25, 0.3) is 0 Å². The second-order valence-corrected chi connectivity index (χ2v) is 3.36. The third kappa shape index (κ3) is 2.39. The van der Waals surface area contributed by atoms with E-state index in [1.807, 2.05) is 19.0 Å². The van der Waals surface area contributed by atoms with E-state index in [9.17, 15) is 4.79 Å². The van der Waals surface area contributed by atoms with Crippen LogP contribution in [0.1, 0.15) is 5.56 Å². The predicted octanol–water partition coefficient (Wildman–Crippen LogP) is 0.962. The SMILES string of the molecule is CN(C)c1cc(CC(=O)O)ccc1N. The molecular formula is C10H14N2O2. The molecular weight excluding hydrogens is 180 g/mol. The van der Waals surface area contributed by atoms with E-state index in [4.69, 9.17) is 10.8 Å². The van der Waals surface area contributed by atoms with Crippen LogP contribution in [-0.4, -0.2) is 25.2 Å². The molecule has 0 aromatic heterocycles. The molecule has 1 aromatic rings. The Morgan fingerprint density at radius 3 is 2.64 bits per heavy atom. The monoisotopic (exact) mass is 194 g/mol. The number of nitrogens with zero attached hydrogens (tertiary/aromatic N) is 1. The van der Waals surface area contributed by atoms with Crippen molar-refractivity contribution in [2.45, 2.75) is 6.42 Å². The van der Waals surface area contributed by atoms with Crippen molar-refractivity contribution in [1.82, 2.24) is 0 Å². The third-order valence-corrected chi connectivity index (χ3v) is 1.93.